The standard InChI is InChI=1S/C13H17NO2S/c1-8-4-5-11-13(10(8)3)14(7-12(15)16)6-9(2)17-11/h4-5,9H,6-7H2,1-3H3,(H,15,16). The topological polar surface area (TPSA) is 40.5 Å². The van der Waals surface area contributed by atoms with E-state index >= 15 is 0 Å². The van der Waals surface area contributed by atoms with Crippen molar-refractivity contribution in [2.24, 2.45) is 0 Å². The van der Waals surface area contributed by atoms with Crippen molar-refractivity contribution in [1.82, 2.24) is 0 Å². The number of carbonyl (C=O) groups is 1. The molecule has 0 spiro atoms. The van der Waals surface area contributed by atoms with Crippen LogP contribution < -0.4 is 4.90 Å². The molecule has 1 aliphatic heterocycles. The summed E-state index contributed by atoms with van der Waals surface area (Å²) in [6.07, 6.45) is 0. The van der Waals surface area contributed by atoms with E-state index in [-0.39, 0.29) is 6.54 Å². The van der Waals surface area contributed by atoms with Gasteiger partial charge < -0.3 is 10.0 Å². The summed E-state index contributed by atoms with van der Waals surface area (Å²) in [7, 11) is 0. The number of hydrogen-bond acceptors (Lipinski definition) is 3. The minimum Gasteiger partial charge on any atom is -0.480 e. The van der Waals surface area contributed by atoms with Crippen LogP contribution in [0.4, 0.5) is 5.69 Å². The molecule has 0 bridgehead atoms. The summed E-state index contributed by atoms with van der Waals surface area (Å²) in [4.78, 5) is 14.1. The van der Waals surface area contributed by atoms with Gasteiger partial charge in [0.1, 0.15) is 6.54 Å². The first-order chi connectivity index (χ1) is 7.99. The van der Waals surface area contributed by atoms with Crippen molar-refractivity contribution >= 4 is 23.4 Å². The lowest BCUT2D eigenvalue weighted by Gasteiger charge is -2.35. The first kappa shape index (κ1) is 12.3. The molecule has 1 aromatic carbocycles. The van der Waals surface area contributed by atoms with Crippen LogP contribution >= 0.6 is 11.8 Å². The lowest BCUT2D eigenvalue weighted by molar-refractivity contribution is -0.135. The Hall–Kier alpha value is -1.16. The third-order valence-electron chi connectivity index (χ3n) is 3.11. The van der Waals surface area contributed by atoms with Crippen LogP contribution in [0.2, 0.25) is 0 Å². The average molecular weight is 251 g/mol. The predicted octanol–water partition coefficient (Wildman–Crippen LogP) is 2.69. The maximum absolute atomic E-state index is 10.9. The molecule has 92 valence electrons. The molecule has 17 heavy (non-hydrogen) atoms. The van der Waals surface area contributed by atoms with E-state index in [1.54, 1.807) is 0 Å². The summed E-state index contributed by atoms with van der Waals surface area (Å²) >= 11 is 1.83. The van der Waals surface area contributed by atoms with Crippen LogP contribution in [-0.2, 0) is 4.79 Å². The van der Waals surface area contributed by atoms with Gasteiger partial charge in [-0.2, -0.15) is 0 Å². The number of aryl methyl sites for hydroxylation is 1. The van der Waals surface area contributed by atoms with E-state index in [4.69, 9.17) is 5.11 Å². The number of fused-ring (bicyclic) bond motifs is 1. The summed E-state index contributed by atoms with van der Waals surface area (Å²) < 4.78 is 0. The Kier molecular flexibility index (Phi) is 3.33. The fourth-order valence-electron chi connectivity index (χ4n) is 2.23. The summed E-state index contributed by atoms with van der Waals surface area (Å²) in [5, 5.41) is 9.42. The number of rotatable bonds is 2. The Morgan fingerprint density at radius 3 is 2.88 bits per heavy atom. The van der Waals surface area contributed by atoms with Gasteiger partial charge in [0, 0.05) is 16.7 Å². The molecule has 1 aromatic rings. The summed E-state index contributed by atoms with van der Waals surface area (Å²) in [5.41, 5.74) is 3.52. The molecule has 1 aliphatic rings. The van der Waals surface area contributed by atoms with Crippen molar-refractivity contribution < 1.29 is 9.90 Å². The second kappa shape index (κ2) is 4.61. The number of hydrogen-bond donors (Lipinski definition) is 1. The Bertz CT molecular complexity index is 459. The van der Waals surface area contributed by atoms with Crippen molar-refractivity contribution in [3.05, 3.63) is 23.3 Å². The average Bonchev–Trinajstić information content (AvgIpc) is 2.22. The van der Waals surface area contributed by atoms with Gasteiger partial charge >= 0.3 is 5.97 Å². The lowest BCUT2D eigenvalue weighted by atomic mass is 10.1. The number of nitrogens with zero attached hydrogens (tertiary/aromatic N) is 1. The number of thioether (sulfide) groups is 1. The fourth-order valence-corrected chi connectivity index (χ4v) is 3.46. The normalized spacial score (nSPS) is 19.0. The van der Waals surface area contributed by atoms with E-state index in [0.29, 0.717) is 5.25 Å². The summed E-state index contributed by atoms with van der Waals surface area (Å²) in [5.74, 6) is -0.768. The number of carboxylic acids is 1. The Balaban J connectivity index is 2.46. The Morgan fingerprint density at radius 2 is 2.24 bits per heavy atom. The van der Waals surface area contributed by atoms with Gasteiger partial charge in [-0.3, -0.25) is 4.79 Å². The number of anilines is 1. The second-order valence-corrected chi connectivity index (χ2v) is 6.04. The van der Waals surface area contributed by atoms with Crippen molar-refractivity contribution in [2.75, 3.05) is 18.0 Å². The molecule has 0 saturated carbocycles. The van der Waals surface area contributed by atoms with E-state index in [1.165, 1.54) is 16.0 Å². The van der Waals surface area contributed by atoms with Crippen LogP contribution in [0, 0.1) is 13.8 Å². The number of carboxylic acid groups (broad SMARTS) is 1. The zero-order chi connectivity index (χ0) is 12.6. The lowest BCUT2D eigenvalue weighted by Crippen LogP contribution is -2.37. The quantitative estimate of drug-likeness (QED) is 0.877. The van der Waals surface area contributed by atoms with E-state index in [2.05, 4.69) is 32.9 Å². The summed E-state index contributed by atoms with van der Waals surface area (Å²) in [6, 6.07) is 4.21. The molecular formula is C13H17NO2S. The molecule has 2 rings (SSSR count). The van der Waals surface area contributed by atoms with Crippen LogP contribution in [0.1, 0.15) is 18.1 Å². The van der Waals surface area contributed by atoms with Gasteiger partial charge in [-0.25, -0.2) is 0 Å². The van der Waals surface area contributed by atoms with E-state index in [1.807, 2.05) is 16.7 Å². The third-order valence-corrected chi connectivity index (χ3v) is 4.25. The maximum Gasteiger partial charge on any atom is 0.323 e. The number of benzene rings is 1. The molecular weight excluding hydrogens is 234 g/mol. The summed E-state index contributed by atoms with van der Waals surface area (Å²) in [6.45, 7) is 7.16. The smallest absolute Gasteiger partial charge is 0.323 e. The van der Waals surface area contributed by atoms with Crippen LogP contribution in [0.3, 0.4) is 0 Å². The highest BCUT2D eigenvalue weighted by Crippen LogP contribution is 2.41. The highest BCUT2D eigenvalue weighted by Gasteiger charge is 2.25. The molecule has 4 heteroatoms. The maximum atomic E-state index is 10.9. The predicted molar refractivity (Wildman–Crippen MR) is 71.1 cm³/mol. The van der Waals surface area contributed by atoms with E-state index < -0.39 is 5.97 Å². The monoisotopic (exact) mass is 251 g/mol. The molecule has 0 aliphatic carbocycles. The molecule has 1 N–H and O–H groups in total. The first-order valence-corrected chi connectivity index (χ1v) is 6.60. The SMILES string of the molecule is Cc1ccc2c(c1C)N(CC(=O)O)CC(C)S2. The largest absolute Gasteiger partial charge is 0.480 e. The van der Waals surface area contributed by atoms with Crippen LogP contribution in [0.25, 0.3) is 0 Å². The first-order valence-electron chi connectivity index (χ1n) is 5.72. The van der Waals surface area contributed by atoms with E-state index in [9.17, 15) is 4.79 Å². The molecule has 0 aromatic heterocycles. The Labute approximate surface area is 106 Å². The minimum atomic E-state index is -0.768. The van der Waals surface area contributed by atoms with E-state index in [0.717, 1.165) is 12.2 Å². The molecule has 0 fully saturated rings. The Morgan fingerprint density at radius 1 is 1.53 bits per heavy atom. The highest BCUT2D eigenvalue weighted by molar-refractivity contribution is 8.00. The molecule has 1 unspecified atom stereocenters. The molecule has 1 atom stereocenters. The van der Waals surface area contributed by atoms with Crippen molar-refractivity contribution in [3.63, 3.8) is 0 Å². The van der Waals surface area contributed by atoms with Crippen LogP contribution in [-0.4, -0.2) is 29.4 Å². The molecule has 3 nitrogen and oxygen atoms in total. The zero-order valence-electron chi connectivity index (χ0n) is 10.4. The van der Waals surface area contributed by atoms with Gasteiger partial charge in [-0.15, -0.1) is 11.8 Å². The minimum absolute atomic E-state index is 0.0855. The second-order valence-electron chi connectivity index (χ2n) is 4.56. The fraction of sp³-hybridized carbons (Fsp3) is 0.462. The van der Waals surface area contributed by atoms with Gasteiger partial charge in [0.25, 0.3) is 0 Å². The zero-order valence-corrected chi connectivity index (χ0v) is 11.2. The molecule has 0 radical (unpaired) electrons. The van der Waals surface area contributed by atoms with Crippen LogP contribution in [0.15, 0.2) is 17.0 Å². The number of aliphatic carboxylic acids is 1. The highest BCUT2D eigenvalue weighted by atomic mass is 32.2. The van der Waals surface area contributed by atoms with Crippen molar-refractivity contribution in [3.8, 4) is 0 Å². The van der Waals surface area contributed by atoms with Crippen molar-refractivity contribution in [1.29, 1.82) is 0 Å². The van der Waals surface area contributed by atoms with Gasteiger partial charge in [-0.1, -0.05) is 13.0 Å². The third kappa shape index (κ3) is 2.41. The van der Waals surface area contributed by atoms with Gasteiger partial charge in [0.15, 0.2) is 0 Å². The molecule has 1 heterocycles. The van der Waals surface area contributed by atoms with Crippen molar-refractivity contribution in [2.45, 2.75) is 30.9 Å². The molecule has 0 amide bonds. The van der Waals surface area contributed by atoms with Gasteiger partial charge in [0.2, 0.25) is 0 Å². The van der Waals surface area contributed by atoms with Crippen LogP contribution in [0.5, 0.6) is 0 Å². The molecule has 0 saturated heterocycles. The van der Waals surface area contributed by atoms with Gasteiger partial charge in [-0.05, 0) is 31.0 Å². The van der Waals surface area contributed by atoms with Gasteiger partial charge in [0.05, 0.1) is 5.69 Å².